The zero-order valence-corrected chi connectivity index (χ0v) is 15.6. The molecule has 1 N–H and O–H groups in total. The molecular formula is C15H14F2N4O6S. The monoisotopic (exact) mass is 416 g/mol. The van der Waals surface area contributed by atoms with Crippen LogP contribution in [0, 0.1) is 0 Å². The number of hydrogen-bond acceptors (Lipinski definition) is 9. The molecule has 1 aromatic carbocycles. The number of alkyl halides is 2. The SMILES string of the molecule is COc1ccc2c(c1)c(-c1nc(OC)nc(OC)n1)c(O)n2S(=O)(=O)C(F)F. The van der Waals surface area contributed by atoms with Gasteiger partial charge in [0, 0.05) is 5.39 Å². The summed E-state index contributed by atoms with van der Waals surface area (Å²) in [5.74, 6) is -4.73. The van der Waals surface area contributed by atoms with Gasteiger partial charge in [-0.05, 0) is 18.2 Å². The summed E-state index contributed by atoms with van der Waals surface area (Å²) in [6.07, 6.45) is 0. The van der Waals surface area contributed by atoms with Gasteiger partial charge in [0.1, 0.15) is 5.75 Å². The molecule has 10 nitrogen and oxygen atoms in total. The Labute approximate surface area is 157 Å². The fraction of sp³-hybridized carbons (Fsp3) is 0.267. The molecule has 0 amide bonds. The van der Waals surface area contributed by atoms with Crippen molar-refractivity contribution in [3.05, 3.63) is 18.2 Å². The lowest BCUT2D eigenvalue weighted by atomic mass is 10.1. The van der Waals surface area contributed by atoms with Crippen LogP contribution in [0.25, 0.3) is 22.3 Å². The first-order chi connectivity index (χ1) is 13.2. The van der Waals surface area contributed by atoms with E-state index in [1.54, 1.807) is 0 Å². The Hall–Kier alpha value is -3.22. The molecule has 150 valence electrons. The van der Waals surface area contributed by atoms with Crippen molar-refractivity contribution in [2.24, 2.45) is 0 Å². The molecular weight excluding hydrogens is 402 g/mol. The molecule has 0 unspecified atom stereocenters. The minimum atomic E-state index is -5.21. The molecule has 0 saturated heterocycles. The average molecular weight is 416 g/mol. The smallest absolute Gasteiger partial charge is 0.355 e. The maximum atomic E-state index is 13.2. The summed E-state index contributed by atoms with van der Waals surface area (Å²) in [4.78, 5) is 11.7. The number of aromatic nitrogens is 4. The molecule has 13 heteroatoms. The van der Waals surface area contributed by atoms with Crippen LogP contribution in [0.15, 0.2) is 18.2 Å². The van der Waals surface area contributed by atoms with Crippen LogP contribution in [-0.2, 0) is 10.0 Å². The highest BCUT2D eigenvalue weighted by Crippen LogP contribution is 2.41. The van der Waals surface area contributed by atoms with E-state index < -0.39 is 21.7 Å². The number of fused-ring (bicyclic) bond motifs is 1. The van der Waals surface area contributed by atoms with Gasteiger partial charge in [0.25, 0.3) is 0 Å². The van der Waals surface area contributed by atoms with Gasteiger partial charge in [0.05, 0.1) is 32.4 Å². The Bertz CT molecular complexity index is 1130. The highest BCUT2D eigenvalue weighted by Gasteiger charge is 2.34. The summed E-state index contributed by atoms with van der Waals surface area (Å²) in [5, 5.41) is 10.6. The molecule has 0 atom stereocenters. The summed E-state index contributed by atoms with van der Waals surface area (Å²) in [6, 6.07) is 3.54. The molecule has 0 aliphatic carbocycles. The minimum Gasteiger partial charge on any atom is -0.497 e. The topological polar surface area (TPSA) is 126 Å². The summed E-state index contributed by atoms with van der Waals surface area (Å²) in [6.45, 7) is 0. The fourth-order valence-corrected chi connectivity index (χ4v) is 3.47. The van der Waals surface area contributed by atoms with Crippen LogP contribution < -0.4 is 14.2 Å². The van der Waals surface area contributed by atoms with Crippen LogP contribution in [0.5, 0.6) is 23.7 Å². The van der Waals surface area contributed by atoms with Gasteiger partial charge < -0.3 is 19.3 Å². The van der Waals surface area contributed by atoms with Crippen molar-refractivity contribution in [1.29, 1.82) is 0 Å². The molecule has 0 bridgehead atoms. The lowest BCUT2D eigenvalue weighted by Crippen LogP contribution is -2.20. The van der Waals surface area contributed by atoms with Crippen molar-refractivity contribution in [3.63, 3.8) is 0 Å². The second-order valence-electron chi connectivity index (χ2n) is 5.28. The number of halogens is 2. The zero-order chi connectivity index (χ0) is 20.6. The van der Waals surface area contributed by atoms with E-state index in [0.29, 0.717) is 0 Å². The standard InChI is InChI=1S/C15H14F2N4O6S/c1-25-7-4-5-9-8(6-7)10(12(22)21(9)28(23,24)13(16)17)11-18-14(26-2)20-15(19-11)27-3/h4-6,13,22H,1-3H3. The molecule has 2 aromatic heterocycles. The van der Waals surface area contributed by atoms with Gasteiger partial charge in [0.15, 0.2) is 5.82 Å². The van der Waals surface area contributed by atoms with E-state index in [4.69, 9.17) is 14.2 Å². The number of methoxy groups -OCH3 is 3. The summed E-state index contributed by atoms with van der Waals surface area (Å²) in [7, 11) is -1.31. The maximum Gasteiger partial charge on any atom is 0.355 e. The third-order valence-electron chi connectivity index (χ3n) is 3.77. The molecule has 0 aliphatic heterocycles. The third kappa shape index (κ3) is 3.02. The molecule has 0 aliphatic rings. The molecule has 0 radical (unpaired) electrons. The third-order valence-corrected chi connectivity index (χ3v) is 5.10. The van der Waals surface area contributed by atoms with E-state index in [1.165, 1.54) is 39.5 Å². The van der Waals surface area contributed by atoms with Crippen molar-refractivity contribution < 1.29 is 36.5 Å². The van der Waals surface area contributed by atoms with Crippen molar-refractivity contribution in [2.75, 3.05) is 21.3 Å². The summed E-state index contributed by atoms with van der Waals surface area (Å²) < 4.78 is 65.7. The molecule has 0 fully saturated rings. The van der Waals surface area contributed by atoms with Crippen LogP contribution in [0.3, 0.4) is 0 Å². The zero-order valence-electron chi connectivity index (χ0n) is 14.8. The maximum absolute atomic E-state index is 13.2. The molecule has 28 heavy (non-hydrogen) atoms. The number of rotatable bonds is 6. The first-order valence-corrected chi connectivity index (χ1v) is 9.03. The number of benzene rings is 1. The minimum absolute atomic E-state index is 0.0522. The van der Waals surface area contributed by atoms with E-state index >= 15 is 0 Å². The van der Waals surface area contributed by atoms with E-state index in [0.717, 1.165) is 0 Å². The van der Waals surface area contributed by atoms with Gasteiger partial charge in [-0.25, -0.2) is 3.97 Å². The predicted octanol–water partition coefficient (Wildman–Crippen LogP) is 1.63. The van der Waals surface area contributed by atoms with Crippen molar-refractivity contribution >= 4 is 20.9 Å². The van der Waals surface area contributed by atoms with Crippen LogP contribution in [0.2, 0.25) is 0 Å². The molecule has 0 spiro atoms. The number of ether oxygens (including phenoxy) is 3. The molecule has 2 heterocycles. The molecule has 0 saturated carbocycles. The number of hydrogen-bond donors (Lipinski definition) is 1. The summed E-state index contributed by atoms with van der Waals surface area (Å²) in [5.41, 5.74) is -0.455. The second kappa shape index (κ2) is 7.07. The second-order valence-corrected chi connectivity index (χ2v) is 7.04. The van der Waals surface area contributed by atoms with E-state index in [2.05, 4.69) is 15.0 Å². The van der Waals surface area contributed by atoms with Gasteiger partial charge in [-0.1, -0.05) is 0 Å². The molecule has 3 aromatic rings. The van der Waals surface area contributed by atoms with Gasteiger partial charge in [-0.15, -0.1) is 4.98 Å². The van der Waals surface area contributed by atoms with Gasteiger partial charge in [0.2, 0.25) is 5.88 Å². The van der Waals surface area contributed by atoms with Gasteiger partial charge in [-0.2, -0.15) is 27.2 Å². The Morgan fingerprint density at radius 1 is 1.04 bits per heavy atom. The van der Waals surface area contributed by atoms with Gasteiger partial charge in [-0.3, -0.25) is 0 Å². The fourth-order valence-electron chi connectivity index (χ4n) is 2.55. The molecule has 3 rings (SSSR count). The first-order valence-electron chi connectivity index (χ1n) is 7.53. The van der Waals surface area contributed by atoms with Crippen LogP contribution >= 0.6 is 0 Å². The van der Waals surface area contributed by atoms with Crippen LogP contribution in [0.1, 0.15) is 0 Å². The number of nitrogens with zero attached hydrogens (tertiary/aromatic N) is 4. The van der Waals surface area contributed by atoms with E-state index in [-0.39, 0.29) is 44.0 Å². The first kappa shape index (κ1) is 19.5. The van der Waals surface area contributed by atoms with Crippen LogP contribution in [0.4, 0.5) is 8.78 Å². The van der Waals surface area contributed by atoms with Crippen LogP contribution in [-0.4, -0.2) is 59.5 Å². The Balaban J connectivity index is 2.45. The lowest BCUT2D eigenvalue weighted by molar-refractivity contribution is 0.232. The largest absolute Gasteiger partial charge is 0.497 e. The Morgan fingerprint density at radius 3 is 2.14 bits per heavy atom. The summed E-state index contributed by atoms with van der Waals surface area (Å²) >= 11 is 0. The van der Waals surface area contributed by atoms with Gasteiger partial charge >= 0.3 is 27.8 Å². The lowest BCUT2D eigenvalue weighted by Gasteiger charge is -2.08. The normalized spacial score (nSPS) is 11.8. The highest BCUT2D eigenvalue weighted by atomic mass is 32.2. The Kier molecular flexibility index (Phi) is 4.93. The highest BCUT2D eigenvalue weighted by molar-refractivity contribution is 7.90. The Morgan fingerprint density at radius 2 is 1.64 bits per heavy atom. The average Bonchev–Trinajstić information content (AvgIpc) is 2.98. The predicted molar refractivity (Wildman–Crippen MR) is 92.4 cm³/mol. The number of aromatic hydroxyl groups is 1. The van der Waals surface area contributed by atoms with Crippen molar-refractivity contribution in [3.8, 4) is 35.0 Å². The quantitative estimate of drug-likeness (QED) is 0.638. The van der Waals surface area contributed by atoms with Crippen molar-refractivity contribution in [2.45, 2.75) is 5.76 Å². The van der Waals surface area contributed by atoms with Crippen molar-refractivity contribution in [1.82, 2.24) is 18.9 Å². The van der Waals surface area contributed by atoms with E-state index in [9.17, 15) is 22.3 Å². The van der Waals surface area contributed by atoms with E-state index in [1.807, 2.05) is 0 Å².